The van der Waals surface area contributed by atoms with Crippen LogP contribution in [0.4, 0.5) is 4.39 Å². The number of halogens is 2. The molecule has 2 unspecified atom stereocenters. The smallest absolute Gasteiger partial charge is 0.191 e. The summed E-state index contributed by atoms with van der Waals surface area (Å²) in [5, 5.41) is 6.70. The maximum Gasteiger partial charge on any atom is 0.191 e. The quantitative estimate of drug-likeness (QED) is 0.386. The molecule has 1 fully saturated rings. The maximum atomic E-state index is 13.1. The largest absolute Gasteiger partial charge is 0.373 e. The maximum absolute atomic E-state index is 13.1. The van der Waals surface area contributed by atoms with Gasteiger partial charge >= 0.3 is 0 Å². The highest BCUT2D eigenvalue weighted by molar-refractivity contribution is 14.0. The molecule has 1 aliphatic rings. The van der Waals surface area contributed by atoms with Crippen LogP contribution in [0.25, 0.3) is 0 Å². The van der Waals surface area contributed by atoms with Gasteiger partial charge in [-0.15, -0.1) is 24.0 Å². The molecule has 5 nitrogen and oxygen atoms in total. The molecule has 0 bridgehead atoms. The minimum Gasteiger partial charge on any atom is -0.373 e. The molecule has 2 atom stereocenters. The Hall–Kier alpha value is -0.930. The van der Waals surface area contributed by atoms with E-state index in [1.807, 2.05) is 26.2 Å². The first-order valence-electron chi connectivity index (χ1n) is 8.44. The van der Waals surface area contributed by atoms with Crippen molar-refractivity contribution in [3.05, 3.63) is 35.6 Å². The molecule has 0 saturated carbocycles. The minimum atomic E-state index is -0.216. The van der Waals surface area contributed by atoms with Gasteiger partial charge in [-0.1, -0.05) is 12.1 Å². The number of rotatable bonds is 6. The first-order chi connectivity index (χ1) is 11.4. The zero-order chi connectivity index (χ0) is 17.6. The van der Waals surface area contributed by atoms with Gasteiger partial charge in [-0.2, -0.15) is 0 Å². The number of nitrogens with zero attached hydrogens (tertiary/aromatic N) is 2. The highest BCUT2D eigenvalue weighted by atomic mass is 127. The molecule has 142 valence electrons. The molecule has 1 saturated heterocycles. The number of ether oxygens (including phenoxy) is 1. The first-order valence-corrected chi connectivity index (χ1v) is 8.44. The third-order valence-electron chi connectivity index (χ3n) is 4.49. The zero-order valence-corrected chi connectivity index (χ0v) is 17.8. The summed E-state index contributed by atoms with van der Waals surface area (Å²) in [6, 6.07) is 6.77. The average molecular weight is 464 g/mol. The van der Waals surface area contributed by atoms with E-state index in [9.17, 15) is 4.39 Å². The Morgan fingerprint density at radius 3 is 2.52 bits per heavy atom. The summed E-state index contributed by atoms with van der Waals surface area (Å²) in [6.45, 7) is 4.37. The zero-order valence-electron chi connectivity index (χ0n) is 15.5. The van der Waals surface area contributed by atoms with Crippen molar-refractivity contribution in [1.82, 2.24) is 15.5 Å². The van der Waals surface area contributed by atoms with Crippen molar-refractivity contribution in [1.29, 1.82) is 0 Å². The second-order valence-corrected chi connectivity index (χ2v) is 6.74. The van der Waals surface area contributed by atoms with E-state index in [2.05, 4.69) is 27.4 Å². The lowest BCUT2D eigenvalue weighted by Crippen LogP contribution is -2.47. The summed E-state index contributed by atoms with van der Waals surface area (Å²) >= 11 is 0. The normalized spacial score (nSPS) is 21.8. The van der Waals surface area contributed by atoms with E-state index < -0.39 is 0 Å². The number of hydrogen-bond acceptors (Lipinski definition) is 3. The van der Waals surface area contributed by atoms with Gasteiger partial charge in [0.1, 0.15) is 5.82 Å². The second-order valence-electron chi connectivity index (χ2n) is 6.74. The predicted octanol–water partition coefficient (Wildman–Crippen LogP) is 2.78. The van der Waals surface area contributed by atoms with Gasteiger partial charge in [0.25, 0.3) is 0 Å². The number of likely N-dealkylation sites (N-methyl/N-ethyl adjacent to an activating group) is 1. The van der Waals surface area contributed by atoms with Gasteiger partial charge in [-0.05, 0) is 51.6 Å². The number of hydrogen-bond donors (Lipinski definition) is 2. The Balaban J connectivity index is 0.00000312. The van der Waals surface area contributed by atoms with Gasteiger partial charge in [0, 0.05) is 26.7 Å². The highest BCUT2D eigenvalue weighted by Crippen LogP contribution is 2.23. The molecule has 0 spiro atoms. The molecular weight excluding hydrogens is 434 g/mol. The lowest BCUT2D eigenvalue weighted by Gasteiger charge is -2.28. The van der Waals surface area contributed by atoms with E-state index in [4.69, 9.17) is 4.74 Å². The Labute approximate surface area is 167 Å². The van der Waals surface area contributed by atoms with E-state index in [0.29, 0.717) is 6.54 Å². The molecule has 7 heteroatoms. The van der Waals surface area contributed by atoms with Crippen LogP contribution in [0.15, 0.2) is 29.3 Å². The van der Waals surface area contributed by atoms with Crippen molar-refractivity contribution in [3.8, 4) is 0 Å². The van der Waals surface area contributed by atoms with Crippen molar-refractivity contribution < 1.29 is 9.13 Å². The molecule has 0 amide bonds. The third-order valence-corrected chi connectivity index (χ3v) is 4.49. The van der Waals surface area contributed by atoms with Crippen LogP contribution < -0.4 is 10.6 Å². The Kier molecular flexibility index (Phi) is 9.09. The molecule has 25 heavy (non-hydrogen) atoms. The molecule has 2 N–H and O–H groups in total. The van der Waals surface area contributed by atoms with Crippen molar-refractivity contribution in [2.45, 2.75) is 31.4 Å². The molecular formula is C18H30FIN4O. The van der Waals surface area contributed by atoms with Crippen LogP contribution in [0.2, 0.25) is 0 Å². The van der Waals surface area contributed by atoms with Crippen molar-refractivity contribution in [2.24, 2.45) is 4.99 Å². The summed E-state index contributed by atoms with van der Waals surface area (Å²) < 4.78 is 18.9. The van der Waals surface area contributed by atoms with E-state index >= 15 is 0 Å². The standard InChI is InChI=1S/C18H29FN4O.HI/c1-18(10-5-11-24-18)13-22-17(20-2)21-12-16(23(3)4)14-6-8-15(19)9-7-14;/h6-9,16H,5,10-13H2,1-4H3,(H2,20,21,22);1H. The number of aliphatic imine (C=N–C) groups is 1. The number of guanidine groups is 1. The summed E-state index contributed by atoms with van der Waals surface area (Å²) in [5.74, 6) is 0.534. The molecule has 1 aliphatic heterocycles. The van der Waals surface area contributed by atoms with Crippen molar-refractivity contribution in [3.63, 3.8) is 0 Å². The van der Waals surface area contributed by atoms with Gasteiger partial charge in [-0.25, -0.2) is 4.39 Å². The topological polar surface area (TPSA) is 48.9 Å². The summed E-state index contributed by atoms with van der Waals surface area (Å²) in [6.07, 6.45) is 2.17. The Bertz CT molecular complexity index is 545. The second kappa shape index (κ2) is 10.3. The number of benzene rings is 1. The van der Waals surface area contributed by atoms with E-state index in [0.717, 1.165) is 37.5 Å². The summed E-state index contributed by atoms with van der Waals surface area (Å²) in [5.41, 5.74) is 0.950. The predicted molar refractivity (Wildman–Crippen MR) is 111 cm³/mol. The van der Waals surface area contributed by atoms with Crippen molar-refractivity contribution >= 4 is 29.9 Å². The van der Waals surface area contributed by atoms with Crippen LogP contribution in [0.5, 0.6) is 0 Å². The summed E-state index contributed by atoms with van der Waals surface area (Å²) in [7, 11) is 5.79. The number of nitrogens with one attached hydrogen (secondary N) is 2. The third kappa shape index (κ3) is 6.71. The van der Waals surface area contributed by atoms with Crippen LogP contribution in [0.1, 0.15) is 31.4 Å². The lowest BCUT2D eigenvalue weighted by molar-refractivity contribution is 0.0242. The van der Waals surface area contributed by atoms with Crippen molar-refractivity contribution in [2.75, 3.05) is 40.8 Å². The molecule has 0 aromatic heterocycles. The average Bonchev–Trinajstić information content (AvgIpc) is 2.99. The van der Waals surface area contributed by atoms with Gasteiger partial charge < -0.3 is 20.3 Å². The Morgan fingerprint density at radius 2 is 2.00 bits per heavy atom. The molecule has 1 aromatic rings. The van der Waals surface area contributed by atoms with Crippen LogP contribution >= 0.6 is 24.0 Å². The SMILES string of the molecule is CN=C(NCC(c1ccc(F)cc1)N(C)C)NCC1(C)CCCO1.I. The summed E-state index contributed by atoms with van der Waals surface area (Å²) in [4.78, 5) is 6.39. The molecule has 0 radical (unpaired) electrons. The van der Waals surface area contributed by atoms with E-state index in [1.54, 1.807) is 7.05 Å². The highest BCUT2D eigenvalue weighted by Gasteiger charge is 2.29. The van der Waals surface area contributed by atoms with E-state index in [-0.39, 0.29) is 41.4 Å². The lowest BCUT2D eigenvalue weighted by atomic mass is 10.0. The fraction of sp³-hybridized carbons (Fsp3) is 0.611. The molecule has 1 aromatic carbocycles. The Morgan fingerprint density at radius 1 is 1.32 bits per heavy atom. The molecule has 2 rings (SSSR count). The van der Waals surface area contributed by atoms with Crippen LogP contribution in [-0.2, 0) is 4.74 Å². The van der Waals surface area contributed by atoms with Crippen LogP contribution in [-0.4, -0.2) is 57.3 Å². The van der Waals surface area contributed by atoms with Gasteiger partial charge in [0.05, 0.1) is 11.6 Å². The van der Waals surface area contributed by atoms with Gasteiger partial charge in [-0.3, -0.25) is 4.99 Å². The van der Waals surface area contributed by atoms with Crippen LogP contribution in [0, 0.1) is 5.82 Å². The fourth-order valence-electron chi connectivity index (χ4n) is 2.94. The minimum absolute atomic E-state index is 0. The van der Waals surface area contributed by atoms with Gasteiger partial charge in [0.15, 0.2) is 5.96 Å². The fourth-order valence-corrected chi connectivity index (χ4v) is 2.94. The monoisotopic (exact) mass is 464 g/mol. The molecule has 1 heterocycles. The van der Waals surface area contributed by atoms with E-state index in [1.165, 1.54) is 12.1 Å². The first kappa shape index (κ1) is 22.1. The molecule has 0 aliphatic carbocycles. The van der Waals surface area contributed by atoms with Crippen LogP contribution in [0.3, 0.4) is 0 Å². The van der Waals surface area contributed by atoms with Gasteiger partial charge in [0.2, 0.25) is 0 Å².